The molecule has 0 aromatic carbocycles. The molecule has 1 fully saturated rings. The number of carbonyl (C=O) groups excluding carboxylic acids is 1. The second-order valence-electron chi connectivity index (χ2n) is 4.43. The Morgan fingerprint density at radius 2 is 1.88 bits per heavy atom. The molecule has 6 heteroatoms. The van der Waals surface area contributed by atoms with Crippen LogP contribution in [0.15, 0.2) is 0 Å². The van der Waals surface area contributed by atoms with Gasteiger partial charge in [0, 0.05) is 31.7 Å². The van der Waals surface area contributed by atoms with Gasteiger partial charge >= 0.3 is 12.1 Å². The number of carbonyl (C=O) groups is 1. The molecule has 1 saturated heterocycles. The molecule has 0 spiro atoms. The quantitative estimate of drug-likeness (QED) is 0.691. The summed E-state index contributed by atoms with van der Waals surface area (Å²) in [6, 6.07) is 0.262. The van der Waals surface area contributed by atoms with Gasteiger partial charge in [-0.1, -0.05) is 0 Å². The van der Waals surface area contributed by atoms with Gasteiger partial charge in [0.25, 0.3) is 0 Å². The maximum atomic E-state index is 12.2. The van der Waals surface area contributed by atoms with Crippen LogP contribution < -0.4 is 0 Å². The van der Waals surface area contributed by atoms with E-state index in [-0.39, 0.29) is 25.2 Å². The van der Waals surface area contributed by atoms with Crippen LogP contribution in [0.3, 0.4) is 0 Å². The minimum Gasteiger partial charge on any atom is -0.332 e. The van der Waals surface area contributed by atoms with Crippen molar-refractivity contribution in [2.24, 2.45) is 0 Å². The summed E-state index contributed by atoms with van der Waals surface area (Å²) in [6.45, 7) is 6.64. The van der Waals surface area contributed by atoms with Crippen molar-refractivity contribution in [3.05, 3.63) is 0 Å². The van der Waals surface area contributed by atoms with Crippen molar-refractivity contribution < 1.29 is 18.0 Å². The van der Waals surface area contributed by atoms with Crippen LogP contribution in [0.1, 0.15) is 20.8 Å². The molecule has 94 valence electrons. The molecule has 0 aliphatic carbocycles. The lowest BCUT2D eigenvalue weighted by Gasteiger charge is -2.42. The predicted molar refractivity (Wildman–Crippen MR) is 53.9 cm³/mol. The zero-order valence-electron chi connectivity index (χ0n) is 9.71. The summed E-state index contributed by atoms with van der Waals surface area (Å²) in [6.07, 6.45) is -4.75. The summed E-state index contributed by atoms with van der Waals surface area (Å²) in [5, 5.41) is 0. The standard InChI is InChI=1S/C10H17F3N2O/c1-7(2)15-5-4-14(6-8(15)3)9(16)10(11,12)13/h7-8H,4-6H2,1-3H3. The van der Waals surface area contributed by atoms with Crippen LogP contribution in [-0.2, 0) is 4.79 Å². The molecule has 1 unspecified atom stereocenters. The average Bonchev–Trinajstić information content (AvgIpc) is 2.14. The third-order valence-electron chi connectivity index (χ3n) is 2.87. The maximum Gasteiger partial charge on any atom is 0.471 e. The number of alkyl halides is 3. The second kappa shape index (κ2) is 4.61. The van der Waals surface area contributed by atoms with Crippen molar-refractivity contribution in [3.63, 3.8) is 0 Å². The number of rotatable bonds is 1. The Balaban J connectivity index is 2.62. The van der Waals surface area contributed by atoms with Gasteiger partial charge in [-0.05, 0) is 20.8 Å². The van der Waals surface area contributed by atoms with Gasteiger partial charge in [0.05, 0.1) is 0 Å². The topological polar surface area (TPSA) is 23.6 Å². The highest BCUT2D eigenvalue weighted by Gasteiger charge is 2.44. The Kier molecular flexibility index (Phi) is 3.83. The molecule has 0 saturated carbocycles. The predicted octanol–water partition coefficient (Wildman–Crippen LogP) is 1.49. The molecule has 1 aliphatic rings. The van der Waals surface area contributed by atoms with Crippen LogP contribution in [0.2, 0.25) is 0 Å². The van der Waals surface area contributed by atoms with E-state index in [1.54, 1.807) is 0 Å². The molecular formula is C10H17F3N2O. The third kappa shape index (κ3) is 2.87. The number of hydrogen-bond donors (Lipinski definition) is 0. The van der Waals surface area contributed by atoms with E-state index in [9.17, 15) is 18.0 Å². The highest BCUT2D eigenvalue weighted by molar-refractivity contribution is 5.82. The first-order valence-corrected chi connectivity index (χ1v) is 5.35. The lowest BCUT2D eigenvalue weighted by atomic mass is 10.1. The Bertz CT molecular complexity index is 265. The van der Waals surface area contributed by atoms with Gasteiger partial charge in [-0.15, -0.1) is 0 Å². The van der Waals surface area contributed by atoms with Crippen molar-refractivity contribution >= 4 is 5.91 Å². The maximum absolute atomic E-state index is 12.2. The van der Waals surface area contributed by atoms with E-state index in [1.807, 2.05) is 20.8 Å². The van der Waals surface area contributed by atoms with Crippen molar-refractivity contribution in [1.29, 1.82) is 0 Å². The van der Waals surface area contributed by atoms with Crippen molar-refractivity contribution in [2.75, 3.05) is 19.6 Å². The van der Waals surface area contributed by atoms with Crippen molar-refractivity contribution in [1.82, 2.24) is 9.80 Å². The molecule has 1 heterocycles. The van der Waals surface area contributed by atoms with E-state index in [1.165, 1.54) is 0 Å². The lowest BCUT2D eigenvalue weighted by Crippen LogP contribution is -2.57. The van der Waals surface area contributed by atoms with Crippen LogP contribution in [0.5, 0.6) is 0 Å². The molecule has 16 heavy (non-hydrogen) atoms. The summed E-state index contributed by atoms with van der Waals surface area (Å²) in [4.78, 5) is 14.0. The molecule has 1 rings (SSSR count). The second-order valence-corrected chi connectivity index (χ2v) is 4.43. The van der Waals surface area contributed by atoms with E-state index in [4.69, 9.17) is 0 Å². The molecule has 0 bridgehead atoms. The first-order valence-electron chi connectivity index (χ1n) is 5.35. The number of amides is 1. The fraction of sp³-hybridized carbons (Fsp3) is 0.900. The van der Waals surface area contributed by atoms with Crippen molar-refractivity contribution in [2.45, 2.75) is 39.0 Å². The molecule has 1 atom stereocenters. The van der Waals surface area contributed by atoms with Crippen LogP contribution in [0.4, 0.5) is 13.2 Å². The van der Waals surface area contributed by atoms with Crippen LogP contribution in [0, 0.1) is 0 Å². The minimum atomic E-state index is -4.75. The lowest BCUT2D eigenvalue weighted by molar-refractivity contribution is -0.188. The highest BCUT2D eigenvalue weighted by Crippen LogP contribution is 2.21. The number of piperazine rings is 1. The number of nitrogens with zero attached hydrogens (tertiary/aromatic N) is 2. The van der Waals surface area contributed by atoms with Crippen LogP contribution in [-0.4, -0.2) is 53.6 Å². The van der Waals surface area contributed by atoms with Gasteiger partial charge in [-0.3, -0.25) is 9.69 Å². The van der Waals surface area contributed by atoms with Gasteiger partial charge in [-0.2, -0.15) is 13.2 Å². The Morgan fingerprint density at radius 1 is 1.31 bits per heavy atom. The molecule has 0 aromatic rings. The highest BCUT2D eigenvalue weighted by atomic mass is 19.4. The average molecular weight is 238 g/mol. The van der Waals surface area contributed by atoms with Gasteiger partial charge in [0.1, 0.15) is 0 Å². The van der Waals surface area contributed by atoms with Crippen LogP contribution >= 0.6 is 0 Å². The Morgan fingerprint density at radius 3 is 2.25 bits per heavy atom. The van der Waals surface area contributed by atoms with Gasteiger partial charge in [-0.25, -0.2) is 0 Å². The number of hydrogen-bond acceptors (Lipinski definition) is 2. The normalized spacial score (nSPS) is 23.9. The van der Waals surface area contributed by atoms with E-state index in [0.717, 1.165) is 4.90 Å². The van der Waals surface area contributed by atoms with E-state index in [2.05, 4.69) is 4.90 Å². The first-order chi connectivity index (χ1) is 7.23. The largest absolute Gasteiger partial charge is 0.471 e. The molecule has 3 nitrogen and oxygen atoms in total. The van der Waals surface area contributed by atoms with E-state index < -0.39 is 12.1 Å². The van der Waals surface area contributed by atoms with Gasteiger partial charge in [0.2, 0.25) is 0 Å². The summed E-state index contributed by atoms with van der Waals surface area (Å²) in [5.74, 6) is -1.72. The molecule has 1 amide bonds. The first kappa shape index (κ1) is 13.3. The Labute approximate surface area is 93.2 Å². The van der Waals surface area contributed by atoms with Gasteiger partial charge < -0.3 is 4.90 Å². The SMILES string of the molecule is CC(C)N1CCN(C(=O)C(F)(F)F)CC1C. The fourth-order valence-electron chi connectivity index (χ4n) is 2.10. The molecule has 0 N–H and O–H groups in total. The van der Waals surface area contributed by atoms with Crippen LogP contribution in [0.25, 0.3) is 0 Å². The summed E-state index contributed by atoms with van der Waals surface area (Å²) >= 11 is 0. The monoisotopic (exact) mass is 238 g/mol. The zero-order valence-corrected chi connectivity index (χ0v) is 9.71. The molecule has 0 aromatic heterocycles. The zero-order chi connectivity index (χ0) is 12.5. The molecular weight excluding hydrogens is 221 g/mol. The third-order valence-corrected chi connectivity index (χ3v) is 2.87. The van der Waals surface area contributed by atoms with Gasteiger partial charge in [0.15, 0.2) is 0 Å². The summed E-state index contributed by atoms with van der Waals surface area (Å²) in [7, 11) is 0. The van der Waals surface area contributed by atoms with Crippen molar-refractivity contribution in [3.8, 4) is 0 Å². The fourth-order valence-corrected chi connectivity index (χ4v) is 2.10. The van der Waals surface area contributed by atoms with E-state index >= 15 is 0 Å². The smallest absolute Gasteiger partial charge is 0.332 e. The molecule has 0 radical (unpaired) electrons. The molecule has 1 aliphatic heterocycles. The minimum absolute atomic E-state index is 0.0277. The Hall–Kier alpha value is -0.780. The summed E-state index contributed by atoms with van der Waals surface area (Å²) < 4.78 is 36.6. The number of halogens is 3. The van der Waals surface area contributed by atoms with E-state index in [0.29, 0.717) is 6.54 Å². The summed E-state index contributed by atoms with van der Waals surface area (Å²) in [5.41, 5.74) is 0.